The number of nitrogens with one attached hydrogen (secondary N) is 1. The van der Waals surface area contributed by atoms with Crippen molar-refractivity contribution in [2.24, 2.45) is 5.10 Å². The van der Waals surface area contributed by atoms with E-state index in [1.54, 1.807) is 24.4 Å². The van der Waals surface area contributed by atoms with Gasteiger partial charge in [-0.3, -0.25) is 0 Å². The number of fused-ring (bicyclic) bond motifs is 1. The largest absolute Gasteiger partial charge is 0.454 e. The average Bonchev–Trinajstić information content (AvgIpc) is 3.19. The number of aromatic amines is 1. The first-order valence-corrected chi connectivity index (χ1v) is 9.25. The summed E-state index contributed by atoms with van der Waals surface area (Å²) < 4.78 is 13.4. The molecule has 1 N–H and O–H groups in total. The van der Waals surface area contributed by atoms with E-state index in [1.165, 1.54) is 4.68 Å². The number of rotatable bonds is 3. The van der Waals surface area contributed by atoms with Crippen molar-refractivity contribution in [2.75, 3.05) is 6.79 Å². The number of H-pyrrole nitrogens is 1. The van der Waals surface area contributed by atoms with Crippen LogP contribution in [0.3, 0.4) is 0 Å². The Bertz CT molecular complexity index is 1100. The molecule has 2 heterocycles. The fourth-order valence-electron chi connectivity index (χ4n) is 2.40. The zero-order chi connectivity index (χ0) is 18.3. The minimum absolute atomic E-state index is 0.203. The van der Waals surface area contributed by atoms with Gasteiger partial charge in [-0.15, -0.1) is 0 Å². The maximum absolute atomic E-state index is 6.28. The highest BCUT2D eigenvalue weighted by atomic mass is 79.9. The zero-order valence-corrected chi connectivity index (χ0v) is 16.8. The molecule has 26 heavy (non-hydrogen) atoms. The normalized spacial score (nSPS) is 12.9. The van der Waals surface area contributed by atoms with Crippen LogP contribution in [0.2, 0.25) is 10.0 Å². The molecule has 0 atom stereocenters. The molecule has 0 radical (unpaired) electrons. The smallest absolute Gasteiger partial charge is 0.231 e. The van der Waals surface area contributed by atoms with Gasteiger partial charge in [0.05, 0.1) is 11.2 Å². The highest BCUT2D eigenvalue weighted by molar-refractivity contribution is 9.10. The molecule has 0 amide bonds. The summed E-state index contributed by atoms with van der Waals surface area (Å²) in [5.74, 6) is 1.82. The second-order valence-corrected chi connectivity index (χ2v) is 7.34. The molecule has 132 valence electrons. The van der Waals surface area contributed by atoms with Gasteiger partial charge in [-0.05, 0) is 58.5 Å². The van der Waals surface area contributed by atoms with Crippen LogP contribution in [0.25, 0.3) is 11.4 Å². The lowest BCUT2D eigenvalue weighted by molar-refractivity contribution is 0.174. The van der Waals surface area contributed by atoms with Gasteiger partial charge in [0.2, 0.25) is 11.6 Å². The molecule has 10 heteroatoms. The number of ether oxygens (including phenoxy) is 2. The molecule has 1 aromatic heterocycles. The van der Waals surface area contributed by atoms with Gasteiger partial charge in [0.25, 0.3) is 0 Å². The Balaban J connectivity index is 1.75. The summed E-state index contributed by atoms with van der Waals surface area (Å²) in [5, 5.41) is 12.4. The van der Waals surface area contributed by atoms with Crippen molar-refractivity contribution in [3.63, 3.8) is 0 Å². The summed E-state index contributed by atoms with van der Waals surface area (Å²) in [5.41, 5.74) is 1.45. The lowest BCUT2D eigenvalue weighted by Crippen LogP contribution is -1.96. The Morgan fingerprint density at radius 3 is 2.77 bits per heavy atom. The number of halogens is 3. The van der Waals surface area contributed by atoms with Gasteiger partial charge in [0.15, 0.2) is 17.3 Å². The van der Waals surface area contributed by atoms with Crippen molar-refractivity contribution in [1.82, 2.24) is 14.9 Å². The minimum Gasteiger partial charge on any atom is -0.454 e. The van der Waals surface area contributed by atoms with E-state index in [0.717, 1.165) is 10.0 Å². The van der Waals surface area contributed by atoms with E-state index in [-0.39, 0.29) is 6.79 Å². The fourth-order valence-corrected chi connectivity index (χ4v) is 3.49. The summed E-state index contributed by atoms with van der Waals surface area (Å²) in [6.45, 7) is 0.203. The number of aromatic nitrogens is 3. The summed E-state index contributed by atoms with van der Waals surface area (Å²) in [6, 6.07) is 8.78. The van der Waals surface area contributed by atoms with Gasteiger partial charge in [-0.25, -0.2) is 5.10 Å². The lowest BCUT2D eigenvalue weighted by Gasteiger charge is -2.05. The Labute approximate surface area is 171 Å². The van der Waals surface area contributed by atoms with E-state index >= 15 is 0 Å². The summed E-state index contributed by atoms with van der Waals surface area (Å²) in [6.07, 6.45) is 1.64. The first-order valence-electron chi connectivity index (χ1n) is 7.29. The monoisotopic (exact) mass is 470 g/mol. The molecule has 0 bridgehead atoms. The standard InChI is InChI=1S/C16H9BrCl2N4O2S/c17-11-5-14-13(24-7-25-14)3-8(11)6-20-23-15(21-22-16(23)26)10-2-1-9(18)4-12(10)19/h1-6H,7H2,(H,22,26)/b20-6+. The highest BCUT2D eigenvalue weighted by Crippen LogP contribution is 2.36. The predicted octanol–water partition coefficient (Wildman–Crippen LogP) is 5.29. The van der Waals surface area contributed by atoms with E-state index < -0.39 is 0 Å². The second kappa shape index (κ2) is 7.03. The molecule has 0 saturated carbocycles. The van der Waals surface area contributed by atoms with Crippen LogP contribution < -0.4 is 9.47 Å². The van der Waals surface area contributed by atoms with Crippen molar-refractivity contribution in [3.8, 4) is 22.9 Å². The molecule has 4 rings (SSSR count). The van der Waals surface area contributed by atoms with Crippen LogP contribution in [0.4, 0.5) is 0 Å². The molecule has 3 aromatic rings. The molecule has 1 aliphatic rings. The Kier molecular flexibility index (Phi) is 4.74. The third kappa shape index (κ3) is 3.25. The second-order valence-electron chi connectivity index (χ2n) is 5.26. The quantitative estimate of drug-likeness (QED) is 0.416. The highest BCUT2D eigenvalue weighted by Gasteiger charge is 2.16. The maximum atomic E-state index is 6.28. The molecule has 0 saturated heterocycles. The Morgan fingerprint density at radius 2 is 2.00 bits per heavy atom. The van der Waals surface area contributed by atoms with Crippen molar-refractivity contribution in [2.45, 2.75) is 0 Å². The first kappa shape index (κ1) is 17.5. The molecule has 0 unspecified atom stereocenters. The number of hydrogen-bond acceptors (Lipinski definition) is 5. The average molecular weight is 472 g/mol. The van der Waals surface area contributed by atoms with Gasteiger partial charge in [0, 0.05) is 20.6 Å². The van der Waals surface area contributed by atoms with Crippen molar-refractivity contribution in [1.29, 1.82) is 0 Å². The van der Waals surface area contributed by atoms with E-state index in [1.807, 2.05) is 12.1 Å². The van der Waals surface area contributed by atoms with Crippen LogP contribution in [-0.2, 0) is 0 Å². The van der Waals surface area contributed by atoms with Gasteiger partial charge in [0.1, 0.15) is 0 Å². The van der Waals surface area contributed by atoms with Gasteiger partial charge >= 0.3 is 0 Å². The first-order chi connectivity index (χ1) is 12.5. The van der Waals surface area contributed by atoms with Crippen LogP contribution in [0, 0.1) is 4.77 Å². The van der Waals surface area contributed by atoms with E-state index in [2.05, 4.69) is 31.2 Å². The molecule has 0 aliphatic carbocycles. The van der Waals surface area contributed by atoms with Crippen LogP contribution in [0.1, 0.15) is 5.56 Å². The SMILES string of the molecule is S=c1[nH]nc(-c2ccc(Cl)cc2Cl)n1/N=C/c1cc2c(cc1Br)OCO2. The van der Waals surface area contributed by atoms with Crippen molar-refractivity contribution in [3.05, 3.63) is 55.2 Å². The third-order valence-corrected chi connectivity index (χ3v) is 5.13. The molecule has 1 aliphatic heterocycles. The minimum atomic E-state index is 0.203. The Morgan fingerprint density at radius 1 is 1.23 bits per heavy atom. The summed E-state index contributed by atoms with van der Waals surface area (Å²) in [4.78, 5) is 0. The van der Waals surface area contributed by atoms with E-state index in [4.69, 9.17) is 44.9 Å². The van der Waals surface area contributed by atoms with Crippen LogP contribution in [0.5, 0.6) is 11.5 Å². The molecular weight excluding hydrogens is 463 g/mol. The number of benzene rings is 2. The summed E-state index contributed by atoms with van der Waals surface area (Å²) >= 11 is 21.0. The Hall–Kier alpha value is -1.87. The van der Waals surface area contributed by atoms with E-state index in [0.29, 0.717) is 37.7 Å². The summed E-state index contributed by atoms with van der Waals surface area (Å²) in [7, 11) is 0. The fraction of sp³-hybridized carbons (Fsp3) is 0.0625. The third-order valence-electron chi connectivity index (χ3n) is 3.63. The van der Waals surface area contributed by atoms with Crippen LogP contribution in [-0.4, -0.2) is 27.9 Å². The van der Waals surface area contributed by atoms with Crippen molar-refractivity contribution >= 4 is 57.6 Å². The predicted molar refractivity (Wildman–Crippen MR) is 106 cm³/mol. The molecule has 0 spiro atoms. The van der Waals surface area contributed by atoms with Crippen molar-refractivity contribution < 1.29 is 9.47 Å². The van der Waals surface area contributed by atoms with Crippen LogP contribution >= 0.6 is 51.3 Å². The van der Waals surface area contributed by atoms with Gasteiger partial charge < -0.3 is 9.47 Å². The topological polar surface area (TPSA) is 64.4 Å². The zero-order valence-electron chi connectivity index (χ0n) is 12.9. The van der Waals surface area contributed by atoms with Crippen LogP contribution in [0.15, 0.2) is 39.9 Å². The van der Waals surface area contributed by atoms with Gasteiger partial charge in [-0.2, -0.15) is 14.9 Å². The number of hydrogen-bond donors (Lipinski definition) is 1. The lowest BCUT2D eigenvalue weighted by atomic mass is 10.2. The number of nitrogens with zero attached hydrogens (tertiary/aromatic N) is 3. The van der Waals surface area contributed by atoms with Gasteiger partial charge in [-0.1, -0.05) is 23.2 Å². The molecular formula is C16H9BrCl2N4O2S. The molecule has 0 fully saturated rings. The van der Waals surface area contributed by atoms with E-state index in [9.17, 15) is 0 Å². The molecule has 6 nitrogen and oxygen atoms in total. The molecule has 2 aromatic carbocycles. The maximum Gasteiger partial charge on any atom is 0.231 e.